The minimum Gasteiger partial charge on any atom is -0.459 e. The molecule has 0 aliphatic rings. The number of esters is 1. The molecule has 2 heterocycles. The molecule has 2 rings (SSSR count). The van der Waals surface area contributed by atoms with E-state index in [1.807, 2.05) is 6.92 Å². The molecule has 2 aromatic rings. The summed E-state index contributed by atoms with van der Waals surface area (Å²) in [6, 6.07) is 0. The Hall–Kier alpha value is -1.83. The number of hydrogen-bond donors (Lipinski definition) is 0. The van der Waals surface area contributed by atoms with Gasteiger partial charge < -0.3 is 9.15 Å². The van der Waals surface area contributed by atoms with Gasteiger partial charge in [0.05, 0.1) is 12.3 Å². The zero-order valence-electron chi connectivity index (χ0n) is 10.0. The molecule has 8 heteroatoms. The fourth-order valence-electron chi connectivity index (χ4n) is 1.36. The van der Waals surface area contributed by atoms with Gasteiger partial charge >= 0.3 is 11.9 Å². The second-order valence-electron chi connectivity index (χ2n) is 3.43. The highest BCUT2D eigenvalue weighted by atomic mass is 32.1. The Morgan fingerprint density at radius 1 is 1.33 bits per heavy atom. The van der Waals surface area contributed by atoms with Crippen molar-refractivity contribution in [3.05, 3.63) is 11.6 Å². The van der Waals surface area contributed by atoms with E-state index in [1.54, 1.807) is 6.92 Å². The number of nitrogens with zero attached hydrogens (tertiary/aromatic N) is 4. The zero-order valence-corrected chi connectivity index (χ0v) is 10.9. The van der Waals surface area contributed by atoms with Gasteiger partial charge in [0.15, 0.2) is 0 Å². The highest BCUT2D eigenvalue weighted by molar-refractivity contribution is 7.09. The first-order valence-electron chi connectivity index (χ1n) is 5.58. The van der Waals surface area contributed by atoms with Crippen molar-refractivity contribution >= 4 is 17.5 Å². The summed E-state index contributed by atoms with van der Waals surface area (Å²) in [7, 11) is 0. The number of carbonyl (C=O) groups is 1. The van der Waals surface area contributed by atoms with Crippen LogP contribution < -0.4 is 0 Å². The third-order valence-electron chi connectivity index (χ3n) is 2.11. The molecule has 0 spiro atoms. The molecule has 0 N–H and O–H groups in total. The van der Waals surface area contributed by atoms with Crippen molar-refractivity contribution in [2.75, 3.05) is 6.61 Å². The molecule has 7 nitrogen and oxygen atoms in total. The smallest absolute Gasteiger partial charge is 0.396 e. The molecule has 2 aromatic heterocycles. The lowest BCUT2D eigenvalue weighted by Crippen LogP contribution is -2.04. The molecule has 0 radical (unpaired) electrons. The number of carbonyl (C=O) groups excluding carboxylic acids is 1. The first-order valence-corrected chi connectivity index (χ1v) is 6.35. The highest BCUT2D eigenvalue weighted by Gasteiger charge is 2.20. The molecule has 0 atom stereocenters. The van der Waals surface area contributed by atoms with E-state index in [4.69, 9.17) is 9.15 Å². The van der Waals surface area contributed by atoms with Crippen LogP contribution in [0.25, 0.3) is 10.8 Å². The predicted octanol–water partition coefficient (Wildman–Crippen LogP) is 1.72. The SMILES string of the molecule is CCCc1nnsc1-c1nnc(C(=O)OCC)o1. The summed E-state index contributed by atoms with van der Waals surface area (Å²) in [5, 5.41) is 11.5. The summed E-state index contributed by atoms with van der Waals surface area (Å²) in [4.78, 5) is 12.1. The van der Waals surface area contributed by atoms with Gasteiger partial charge in [-0.15, -0.1) is 15.3 Å². The van der Waals surface area contributed by atoms with E-state index in [2.05, 4.69) is 19.8 Å². The lowest BCUT2D eigenvalue weighted by Gasteiger charge is -1.95. The molecule has 96 valence electrons. The van der Waals surface area contributed by atoms with Crippen LogP contribution in [0.1, 0.15) is 36.6 Å². The Morgan fingerprint density at radius 2 is 2.17 bits per heavy atom. The minimum atomic E-state index is -0.620. The van der Waals surface area contributed by atoms with Crippen LogP contribution in [-0.2, 0) is 11.2 Å². The summed E-state index contributed by atoms with van der Waals surface area (Å²) in [5.74, 6) is -0.509. The minimum absolute atomic E-state index is 0.150. The Kier molecular flexibility index (Phi) is 3.98. The molecule has 0 fully saturated rings. The van der Waals surface area contributed by atoms with Gasteiger partial charge in [0.2, 0.25) is 0 Å². The van der Waals surface area contributed by atoms with Crippen molar-refractivity contribution in [3.63, 3.8) is 0 Å². The number of hydrogen-bond acceptors (Lipinski definition) is 8. The maximum atomic E-state index is 11.4. The largest absolute Gasteiger partial charge is 0.459 e. The van der Waals surface area contributed by atoms with E-state index in [-0.39, 0.29) is 18.4 Å². The molecular formula is C10H12N4O3S. The number of rotatable bonds is 5. The molecule has 0 amide bonds. The molecule has 0 aliphatic carbocycles. The molecular weight excluding hydrogens is 256 g/mol. The summed E-state index contributed by atoms with van der Waals surface area (Å²) < 4.78 is 13.9. The summed E-state index contributed by atoms with van der Waals surface area (Å²) in [6.45, 7) is 4.02. The molecule has 0 aliphatic heterocycles. The van der Waals surface area contributed by atoms with Crippen LogP contribution in [0, 0.1) is 0 Å². The van der Waals surface area contributed by atoms with Crippen LogP contribution in [0.4, 0.5) is 0 Å². The van der Waals surface area contributed by atoms with Crippen LogP contribution in [-0.4, -0.2) is 32.4 Å². The normalized spacial score (nSPS) is 10.6. The lowest BCUT2D eigenvalue weighted by atomic mass is 10.2. The van der Waals surface area contributed by atoms with E-state index in [0.717, 1.165) is 18.5 Å². The lowest BCUT2D eigenvalue weighted by molar-refractivity contribution is 0.0481. The third-order valence-corrected chi connectivity index (χ3v) is 2.87. The number of aryl methyl sites for hydroxylation is 1. The van der Waals surface area contributed by atoms with Crippen molar-refractivity contribution < 1.29 is 13.9 Å². The van der Waals surface area contributed by atoms with Crippen molar-refractivity contribution in [2.24, 2.45) is 0 Å². The van der Waals surface area contributed by atoms with Gasteiger partial charge in [-0.1, -0.05) is 17.8 Å². The summed E-state index contributed by atoms with van der Waals surface area (Å²) >= 11 is 1.17. The second kappa shape index (κ2) is 5.67. The molecule has 0 saturated carbocycles. The monoisotopic (exact) mass is 268 g/mol. The average Bonchev–Trinajstić information content (AvgIpc) is 2.97. The summed E-state index contributed by atoms with van der Waals surface area (Å²) in [6.07, 6.45) is 1.72. The fourth-order valence-corrected chi connectivity index (χ4v) is 1.99. The Balaban J connectivity index is 2.23. The Morgan fingerprint density at radius 3 is 2.89 bits per heavy atom. The van der Waals surface area contributed by atoms with Gasteiger partial charge in [-0.3, -0.25) is 0 Å². The van der Waals surface area contributed by atoms with Gasteiger partial charge in [0, 0.05) is 0 Å². The quantitative estimate of drug-likeness (QED) is 0.762. The highest BCUT2D eigenvalue weighted by Crippen LogP contribution is 2.25. The first-order chi connectivity index (χ1) is 8.76. The van der Waals surface area contributed by atoms with Gasteiger partial charge in [-0.05, 0) is 24.9 Å². The van der Waals surface area contributed by atoms with Crippen molar-refractivity contribution in [1.82, 2.24) is 19.8 Å². The standard InChI is InChI=1S/C10H12N4O3S/c1-3-5-6-7(18-14-11-6)8-12-13-9(17-8)10(15)16-4-2/h3-5H2,1-2H3. The van der Waals surface area contributed by atoms with Gasteiger partial charge in [-0.25, -0.2) is 4.79 Å². The summed E-state index contributed by atoms with van der Waals surface area (Å²) in [5.41, 5.74) is 0.807. The zero-order chi connectivity index (χ0) is 13.0. The third kappa shape index (κ3) is 2.53. The Labute approximate surface area is 107 Å². The van der Waals surface area contributed by atoms with Crippen molar-refractivity contribution in [2.45, 2.75) is 26.7 Å². The number of aromatic nitrogens is 4. The van der Waals surface area contributed by atoms with Gasteiger partial charge in [-0.2, -0.15) is 0 Å². The fraction of sp³-hybridized carbons (Fsp3) is 0.500. The van der Waals surface area contributed by atoms with Gasteiger partial charge in [0.1, 0.15) is 4.88 Å². The van der Waals surface area contributed by atoms with E-state index >= 15 is 0 Å². The second-order valence-corrected chi connectivity index (χ2v) is 4.19. The topological polar surface area (TPSA) is 91.0 Å². The van der Waals surface area contributed by atoms with Crippen molar-refractivity contribution in [3.8, 4) is 10.8 Å². The van der Waals surface area contributed by atoms with E-state index in [0.29, 0.717) is 4.88 Å². The molecule has 0 bridgehead atoms. The maximum absolute atomic E-state index is 11.4. The molecule has 0 saturated heterocycles. The van der Waals surface area contributed by atoms with E-state index in [9.17, 15) is 4.79 Å². The molecule has 0 unspecified atom stereocenters. The van der Waals surface area contributed by atoms with Crippen LogP contribution in [0.15, 0.2) is 4.42 Å². The number of ether oxygens (including phenoxy) is 1. The van der Waals surface area contributed by atoms with Crippen LogP contribution in [0.5, 0.6) is 0 Å². The van der Waals surface area contributed by atoms with Crippen LogP contribution in [0.2, 0.25) is 0 Å². The van der Waals surface area contributed by atoms with Crippen molar-refractivity contribution in [1.29, 1.82) is 0 Å². The molecule has 18 heavy (non-hydrogen) atoms. The predicted molar refractivity (Wildman–Crippen MR) is 63.2 cm³/mol. The van der Waals surface area contributed by atoms with Crippen LogP contribution in [0.3, 0.4) is 0 Å². The Bertz CT molecular complexity index is 537. The first kappa shape index (κ1) is 12.6. The van der Waals surface area contributed by atoms with E-state index in [1.165, 1.54) is 11.5 Å². The van der Waals surface area contributed by atoms with Gasteiger partial charge in [0.25, 0.3) is 5.89 Å². The maximum Gasteiger partial charge on any atom is 0.396 e. The van der Waals surface area contributed by atoms with E-state index < -0.39 is 5.97 Å². The van der Waals surface area contributed by atoms with Crippen LogP contribution >= 0.6 is 11.5 Å². The average molecular weight is 268 g/mol. The molecule has 0 aromatic carbocycles.